The van der Waals surface area contributed by atoms with Crippen LogP contribution < -0.4 is 0 Å². The average molecular weight is 483 g/mol. The fourth-order valence-electron chi connectivity index (χ4n) is 5.00. The van der Waals surface area contributed by atoms with E-state index in [4.69, 9.17) is 0 Å². The van der Waals surface area contributed by atoms with Crippen molar-refractivity contribution < 1.29 is 15.0 Å². The Kier molecular flexibility index (Phi) is 25.1. The molecule has 0 saturated heterocycles. The molecule has 0 heterocycles. The summed E-state index contributed by atoms with van der Waals surface area (Å²) in [5, 5.41) is 19.6. The summed E-state index contributed by atoms with van der Waals surface area (Å²) in [5.41, 5.74) is 0. The molecule has 3 heteroatoms. The Morgan fingerprint density at radius 1 is 0.529 bits per heavy atom. The minimum Gasteiger partial charge on any atom is -0.481 e. The average Bonchev–Trinajstić information content (AvgIpc) is 2.80. The standard InChI is InChI=1S/C31H62O3/c1-4-5-6-21-26-30(32)27-22-17-13-9-12-16-20-25-29(31(33)34)24-19-15-11-8-7-10-14-18-23-28(2)3/h28-30,32H,4-27H2,1-3H3,(H,33,34). The van der Waals surface area contributed by atoms with Crippen LogP contribution in [-0.2, 0) is 4.79 Å². The van der Waals surface area contributed by atoms with Crippen LogP contribution in [-0.4, -0.2) is 22.3 Å². The van der Waals surface area contributed by atoms with Crippen molar-refractivity contribution in [2.75, 3.05) is 0 Å². The number of carboxylic acid groups (broad SMARTS) is 1. The van der Waals surface area contributed by atoms with Gasteiger partial charge in [0.15, 0.2) is 0 Å². The first-order valence-corrected chi connectivity index (χ1v) is 15.4. The Morgan fingerprint density at radius 2 is 0.853 bits per heavy atom. The van der Waals surface area contributed by atoms with Gasteiger partial charge in [-0.25, -0.2) is 0 Å². The van der Waals surface area contributed by atoms with Crippen molar-refractivity contribution in [3.05, 3.63) is 0 Å². The summed E-state index contributed by atoms with van der Waals surface area (Å²) in [6, 6.07) is 0. The van der Waals surface area contributed by atoms with Gasteiger partial charge in [-0.1, -0.05) is 149 Å². The molecular weight excluding hydrogens is 420 g/mol. The molecule has 0 aromatic rings. The van der Waals surface area contributed by atoms with E-state index in [-0.39, 0.29) is 12.0 Å². The molecule has 2 atom stereocenters. The van der Waals surface area contributed by atoms with Gasteiger partial charge in [-0.2, -0.15) is 0 Å². The lowest BCUT2D eigenvalue weighted by atomic mass is 9.94. The fraction of sp³-hybridized carbons (Fsp3) is 0.968. The van der Waals surface area contributed by atoms with Crippen LogP contribution in [0.15, 0.2) is 0 Å². The maximum atomic E-state index is 11.6. The van der Waals surface area contributed by atoms with Crippen molar-refractivity contribution in [1.82, 2.24) is 0 Å². The van der Waals surface area contributed by atoms with E-state index in [1.165, 1.54) is 109 Å². The van der Waals surface area contributed by atoms with E-state index in [9.17, 15) is 15.0 Å². The molecule has 0 aliphatic heterocycles. The minimum atomic E-state index is -0.585. The smallest absolute Gasteiger partial charge is 0.306 e. The summed E-state index contributed by atoms with van der Waals surface area (Å²) < 4.78 is 0. The summed E-state index contributed by atoms with van der Waals surface area (Å²) in [6.07, 6.45) is 28.6. The summed E-state index contributed by atoms with van der Waals surface area (Å²) in [7, 11) is 0. The lowest BCUT2D eigenvalue weighted by Crippen LogP contribution is -2.13. The van der Waals surface area contributed by atoms with Gasteiger partial charge in [0.05, 0.1) is 12.0 Å². The van der Waals surface area contributed by atoms with Crippen LogP contribution in [0.4, 0.5) is 0 Å². The van der Waals surface area contributed by atoms with Gasteiger partial charge in [0.25, 0.3) is 0 Å². The zero-order valence-electron chi connectivity index (χ0n) is 23.5. The largest absolute Gasteiger partial charge is 0.481 e. The first-order chi connectivity index (χ1) is 16.5. The maximum Gasteiger partial charge on any atom is 0.306 e. The van der Waals surface area contributed by atoms with Crippen molar-refractivity contribution in [3.8, 4) is 0 Å². The predicted molar refractivity (Wildman–Crippen MR) is 148 cm³/mol. The number of hydrogen-bond acceptors (Lipinski definition) is 2. The molecule has 0 saturated carbocycles. The molecule has 0 aliphatic carbocycles. The van der Waals surface area contributed by atoms with Gasteiger partial charge in [0.1, 0.15) is 0 Å². The number of hydrogen-bond donors (Lipinski definition) is 2. The number of carboxylic acids is 1. The van der Waals surface area contributed by atoms with Crippen molar-refractivity contribution in [3.63, 3.8) is 0 Å². The molecule has 0 aromatic heterocycles. The topological polar surface area (TPSA) is 57.5 Å². The van der Waals surface area contributed by atoms with Gasteiger partial charge >= 0.3 is 5.97 Å². The zero-order chi connectivity index (χ0) is 25.3. The van der Waals surface area contributed by atoms with E-state index < -0.39 is 5.97 Å². The molecule has 0 radical (unpaired) electrons. The lowest BCUT2D eigenvalue weighted by Gasteiger charge is -2.12. The van der Waals surface area contributed by atoms with Gasteiger partial charge < -0.3 is 10.2 Å². The van der Waals surface area contributed by atoms with E-state index in [0.29, 0.717) is 0 Å². The van der Waals surface area contributed by atoms with Crippen LogP contribution in [0.5, 0.6) is 0 Å². The second-order valence-corrected chi connectivity index (χ2v) is 11.4. The van der Waals surface area contributed by atoms with E-state index in [0.717, 1.165) is 50.9 Å². The van der Waals surface area contributed by atoms with Gasteiger partial charge in [-0.05, 0) is 31.6 Å². The second kappa shape index (κ2) is 25.5. The van der Waals surface area contributed by atoms with Gasteiger partial charge in [0, 0.05) is 0 Å². The lowest BCUT2D eigenvalue weighted by molar-refractivity contribution is -0.142. The van der Waals surface area contributed by atoms with E-state index in [2.05, 4.69) is 20.8 Å². The van der Waals surface area contributed by atoms with Gasteiger partial charge in [0.2, 0.25) is 0 Å². The molecule has 0 rings (SSSR count). The Bertz CT molecular complexity index is 421. The number of unbranched alkanes of at least 4 members (excludes halogenated alkanes) is 16. The highest BCUT2D eigenvalue weighted by molar-refractivity contribution is 5.69. The molecule has 0 amide bonds. The SMILES string of the molecule is CCCCCCC(O)CCCCCCCCCC(CCCCCCCCCCC(C)C)C(=O)O. The van der Waals surface area contributed by atoms with Crippen molar-refractivity contribution in [2.45, 2.75) is 181 Å². The first-order valence-electron chi connectivity index (χ1n) is 15.4. The number of aliphatic carboxylic acids is 1. The molecule has 34 heavy (non-hydrogen) atoms. The minimum absolute atomic E-state index is 0.0932. The molecule has 2 unspecified atom stereocenters. The highest BCUT2D eigenvalue weighted by atomic mass is 16.4. The third-order valence-electron chi connectivity index (χ3n) is 7.41. The summed E-state index contributed by atoms with van der Waals surface area (Å²) in [5.74, 6) is 0.121. The number of aliphatic hydroxyl groups excluding tert-OH is 1. The second-order valence-electron chi connectivity index (χ2n) is 11.4. The third kappa shape index (κ3) is 24.6. The Morgan fingerprint density at radius 3 is 1.21 bits per heavy atom. The van der Waals surface area contributed by atoms with Crippen LogP contribution in [0.25, 0.3) is 0 Å². The highest BCUT2D eigenvalue weighted by Crippen LogP contribution is 2.20. The Balaban J connectivity index is 3.50. The molecule has 0 fully saturated rings. The Hall–Kier alpha value is -0.570. The monoisotopic (exact) mass is 482 g/mol. The molecule has 0 aliphatic rings. The van der Waals surface area contributed by atoms with Crippen LogP contribution in [0.3, 0.4) is 0 Å². The number of aliphatic hydroxyl groups is 1. The van der Waals surface area contributed by atoms with Crippen LogP contribution in [0.1, 0.15) is 175 Å². The molecule has 3 nitrogen and oxygen atoms in total. The van der Waals surface area contributed by atoms with Crippen molar-refractivity contribution in [2.24, 2.45) is 11.8 Å². The van der Waals surface area contributed by atoms with Crippen molar-refractivity contribution >= 4 is 5.97 Å². The molecule has 0 spiro atoms. The van der Waals surface area contributed by atoms with Crippen LogP contribution in [0.2, 0.25) is 0 Å². The third-order valence-corrected chi connectivity index (χ3v) is 7.41. The summed E-state index contributed by atoms with van der Waals surface area (Å²) in [6.45, 7) is 6.83. The van der Waals surface area contributed by atoms with Crippen molar-refractivity contribution in [1.29, 1.82) is 0 Å². The molecular formula is C31H62O3. The van der Waals surface area contributed by atoms with E-state index >= 15 is 0 Å². The van der Waals surface area contributed by atoms with Crippen LogP contribution >= 0.6 is 0 Å². The molecule has 0 aromatic carbocycles. The normalized spacial score (nSPS) is 13.4. The molecule has 0 bridgehead atoms. The highest BCUT2D eigenvalue weighted by Gasteiger charge is 2.16. The van der Waals surface area contributed by atoms with Gasteiger partial charge in [-0.15, -0.1) is 0 Å². The van der Waals surface area contributed by atoms with E-state index in [1.54, 1.807) is 0 Å². The predicted octanol–water partition coefficient (Wildman–Crippen LogP) is 10.1. The molecule has 204 valence electrons. The fourth-order valence-corrected chi connectivity index (χ4v) is 5.00. The van der Waals surface area contributed by atoms with Crippen LogP contribution in [0, 0.1) is 11.8 Å². The molecule has 2 N–H and O–H groups in total. The summed E-state index contributed by atoms with van der Waals surface area (Å²) >= 11 is 0. The Labute approximate surface area is 213 Å². The quantitative estimate of drug-likeness (QED) is 0.114. The zero-order valence-corrected chi connectivity index (χ0v) is 23.5. The maximum absolute atomic E-state index is 11.6. The first kappa shape index (κ1) is 33.4. The summed E-state index contributed by atoms with van der Waals surface area (Å²) in [4.78, 5) is 11.6. The van der Waals surface area contributed by atoms with Gasteiger partial charge in [-0.3, -0.25) is 4.79 Å². The number of carbonyl (C=O) groups is 1. The number of rotatable bonds is 27. The van der Waals surface area contributed by atoms with E-state index in [1.807, 2.05) is 0 Å².